The molecular formula is C23H22FN3O3. The third-order valence-electron chi connectivity index (χ3n) is 6.12. The van der Waals surface area contributed by atoms with E-state index in [1.54, 1.807) is 17.0 Å². The summed E-state index contributed by atoms with van der Waals surface area (Å²) >= 11 is 0. The van der Waals surface area contributed by atoms with Crippen LogP contribution in [-0.4, -0.2) is 52.9 Å². The summed E-state index contributed by atoms with van der Waals surface area (Å²) in [6, 6.07) is 13.9. The van der Waals surface area contributed by atoms with Crippen LogP contribution in [0, 0.1) is 11.7 Å². The fraction of sp³-hybridized carbons (Fsp3) is 0.348. The average molecular weight is 407 g/mol. The Morgan fingerprint density at radius 2 is 1.70 bits per heavy atom. The Kier molecular flexibility index (Phi) is 4.73. The van der Waals surface area contributed by atoms with Crippen molar-refractivity contribution < 1.29 is 18.5 Å². The highest BCUT2D eigenvalue weighted by Crippen LogP contribution is 2.48. The summed E-state index contributed by atoms with van der Waals surface area (Å²) in [6.07, 6.45) is 1.00. The highest BCUT2D eigenvalue weighted by Gasteiger charge is 2.46. The summed E-state index contributed by atoms with van der Waals surface area (Å²) in [4.78, 5) is 29.2. The first kappa shape index (κ1) is 18.8. The Balaban J connectivity index is 1.15. The average Bonchev–Trinajstić information content (AvgIpc) is 3.48. The molecule has 6 nitrogen and oxygen atoms in total. The molecule has 2 amide bonds. The van der Waals surface area contributed by atoms with E-state index in [4.69, 9.17) is 4.52 Å². The van der Waals surface area contributed by atoms with E-state index in [2.05, 4.69) is 5.16 Å². The van der Waals surface area contributed by atoms with Crippen molar-refractivity contribution in [3.63, 3.8) is 0 Å². The van der Waals surface area contributed by atoms with Crippen LogP contribution in [0.5, 0.6) is 0 Å². The van der Waals surface area contributed by atoms with Gasteiger partial charge in [0.15, 0.2) is 5.58 Å². The number of carbonyl (C=O) groups excluding carboxylic acids is 2. The predicted octanol–water partition coefficient (Wildman–Crippen LogP) is 2.98. The number of amides is 2. The molecule has 0 bridgehead atoms. The van der Waals surface area contributed by atoms with Gasteiger partial charge in [-0.05, 0) is 42.2 Å². The molecule has 2 heterocycles. The lowest BCUT2D eigenvalue weighted by Crippen LogP contribution is -2.51. The topological polar surface area (TPSA) is 66.7 Å². The number of nitrogens with zero attached hydrogens (tertiary/aromatic N) is 3. The number of aromatic nitrogens is 1. The van der Waals surface area contributed by atoms with Crippen LogP contribution in [0.1, 0.15) is 23.6 Å². The van der Waals surface area contributed by atoms with Crippen LogP contribution in [0.3, 0.4) is 0 Å². The molecular weight excluding hydrogens is 385 g/mol. The summed E-state index contributed by atoms with van der Waals surface area (Å²) in [6.45, 7) is 2.12. The van der Waals surface area contributed by atoms with Gasteiger partial charge in [0.05, 0.1) is 6.42 Å². The number of rotatable bonds is 4. The van der Waals surface area contributed by atoms with Crippen molar-refractivity contribution in [1.29, 1.82) is 0 Å². The Hall–Kier alpha value is -3.22. The van der Waals surface area contributed by atoms with Gasteiger partial charge < -0.3 is 14.3 Å². The van der Waals surface area contributed by atoms with E-state index in [0.29, 0.717) is 37.5 Å². The van der Waals surface area contributed by atoms with Crippen molar-refractivity contribution in [2.75, 3.05) is 26.2 Å². The molecule has 154 valence electrons. The standard InChI is InChI=1S/C23H22FN3O3/c24-16-7-5-15(6-8-16)18-13-19(18)23(29)27-11-9-26(10-12-27)22(28)14-20-17-3-1-2-4-21(17)30-25-20/h1-8,18-19H,9-14H2. The van der Waals surface area contributed by atoms with Gasteiger partial charge in [0.1, 0.15) is 11.5 Å². The van der Waals surface area contributed by atoms with E-state index in [1.165, 1.54) is 12.1 Å². The molecule has 2 fully saturated rings. The summed E-state index contributed by atoms with van der Waals surface area (Å²) in [5, 5.41) is 4.90. The van der Waals surface area contributed by atoms with Crippen LogP contribution >= 0.6 is 0 Å². The molecule has 2 aromatic carbocycles. The minimum atomic E-state index is -0.262. The first-order chi connectivity index (χ1) is 14.6. The fourth-order valence-electron chi connectivity index (χ4n) is 4.28. The lowest BCUT2D eigenvalue weighted by Gasteiger charge is -2.35. The zero-order valence-corrected chi connectivity index (χ0v) is 16.5. The number of halogens is 1. The molecule has 1 saturated heterocycles. The maximum absolute atomic E-state index is 13.1. The lowest BCUT2D eigenvalue weighted by molar-refractivity contribution is -0.140. The quantitative estimate of drug-likeness (QED) is 0.667. The fourth-order valence-corrected chi connectivity index (χ4v) is 4.28. The van der Waals surface area contributed by atoms with E-state index in [9.17, 15) is 14.0 Å². The Bertz CT molecular complexity index is 1090. The number of hydrogen-bond donors (Lipinski definition) is 0. The second-order valence-electron chi connectivity index (χ2n) is 8.01. The molecule has 30 heavy (non-hydrogen) atoms. The van der Waals surface area contributed by atoms with Gasteiger partial charge in [0.2, 0.25) is 11.8 Å². The molecule has 1 saturated carbocycles. The molecule has 0 N–H and O–H groups in total. The van der Waals surface area contributed by atoms with E-state index >= 15 is 0 Å². The molecule has 1 aliphatic heterocycles. The number of benzene rings is 2. The zero-order valence-electron chi connectivity index (χ0n) is 16.5. The van der Waals surface area contributed by atoms with Crippen LogP contribution in [0.15, 0.2) is 53.1 Å². The molecule has 3 aromatic rings. The van der Waals surface area contributed by atoms with Crippen LogP contribution in [0.4, 0.5) is 4.39 Å². The highest BCUT2D eigenvalue weighted by atomic mass is 19.1. The normalized spacial score (nSPS) is 21.1. The summed E-state index contributed by atoms with van der Waals surface area (Å²) in [5.41, 5.74) is 2.34. The maximum atomic E-state index is 13.1. The zero-order chi connectivity index (χ0) is 20.7. The highest BCUT2D eigenvalue weighted by molar-refractivity contribution is 5.87. The largest absolute Gasteiger partial charge is 0.356 e. The van der Waals surface area contributed by atoms with Crippen LogP contribution in [0.2, 0.25) is 0 Å². The Labute approximate surface area is 173 Å². The Morgan fingerprint density at radius 3 is 2.47 bits per heavy atom. The van der Waals surface area contributed by atoms with Crippen molar-refractivity contribution in [3.05, 3.63) is 65.6 Å². The SMILES string of the molecule is O=C(Cc1noc2ccccc12)N1CCN(C(=O)C2CC2c2ccc(F)cc2)CC1. The predicted molar refractivity (Wildman–Crippen MR) is 108 cm³/mol. The van der Waals surface area contributed by atoms with Crippen LogP contribution in [0.25, 0.3) is 11.0 Å². The van der Waals surface area contributed by atoms with Crippen molar-refractivity contribution >= 4 is 22.8 Å². The molecule has 1 aliphatic carbocycles. The van der Waals surface area contributed by atoms with Gasteiger partial charge in [-0.25, -0.2) is 4.39 Å². The van der Waals surface area contributed by atoms with Gasteiger partial charge in [-0.3, -0.25) is 9.59 Å². The first-order valence-electron chi connectivity index (χ1n) is 10.3. The van der Waals surface area contributed by atoms with Crippen molar-refractivity contribution in [1.82, 2.24) is 15.0 Å². The van der Waals surface area contributed by atoms with E-state index in [1.807, 2.05) is 29.2 Å². The van der Waals surface area contributed by atoms with Gasteiger partial charge in [0, 0.05) is 37.5 Å². The molecule has 2 aliphatic rings. The second-order valence-corrected chi connectivity index (χ2v) is 8.01. The monoisotopic (exact) mass is 407 g/mol. The van der Waals surface area contributed by atoms with Gasteiger partial charge >= 0.3 is 0 Å². The van der Waals surface area contributed by atoms with Gasteiger partial charge in [-0.1, -0.05) is 29.4 Å². The molecule has 2 unspecified atom stereocenters. The minimum Gasteiger partial charge on any atom is -0.356 e. The third-order valence-corrected chi connectivity index (χ3v) is 6.12. The van der Waals surface area contributed by atoms with Crippen molar-refractivity contribution in [2.24, 2.45) is 5.92 Å². The molecule has 5 rings (SSSR count). The van der Waals surface area contributed by atoms with Gasteiger partial charge in [-0.2, -0.15) is 0 Å². The molecule has 0 spiro atoms. The lowest BCUT2D eigenvalue weighted by atomic mass is 10.1. The van der Waals surface area contributed by atoms with Crippen molar-refractivity contribution in [2.45, 2.75) is 18.8 Å². The number of piperazine rings is 1. The van der Waals surface area contributed by atoms with Crippen LogP contribution in [-0.2, 0) is 16.0 Å². The molecule has 0 radical (unpaired) electrons. The molecule has 1 aromatic heterocycles. The number of hydrogen-bond acceptors (Lipinski definition) is 4. The second kappa shape index (κ2) is 7.55. The summed E-state index contributed by atoms with van der Waals surface area (Å²) in [7, 11) is 0. The summed E-state index contributed by atoms with van der Waals surface area (Å²) < 4.78 is 18.4. The molecule has 7 heteroatoms. The smallest absolute Gasteiger partial charge is 0.228 e. The van der Waals surface area contributed by atoms with E-state index < -0.39 is 0 Å². The molecule has 2 atom stereocenters. The minimum absolute atomic E-state index is 0.00300. The van der Waals surface area contributed by atoms with Gasteiger partial charge in [-0.15, -0.1) is 0 Å². The maximum Gasteiger partial charge on any atom is 0.228 e. The van der Waals surface area contributed by atoms with Crippen LogP contribution < -0.4 is 0 Å². The number of para-hydroxylation sites is 1. The number of fused-ring (bicyclic) bond motifs is 1. The van der Waals surface area contributed by atoms with E-state index in [0.717, 1.165) is 17.4 Å². The first-order valence-corrected chi connectivity index (χ1v) is 10.3. The van der Waals surface area contributed by atoms with Crippen molar-refractivity contribution in [3.8, 4) is 0 Å². The van der Waals surface area contributed by atoms with E-state index in [-0.39, 0.29) is 35.9 Å². The summed E-state index contributed by atoms with van der Waals surface area (Å²) in [5.74, 6) is 0.0229. The Morgan fingerprint density at radius 1 is 1.00 bits per heavy atom. The van der Waals surface area contributed by atoms with Gasteiger partial charge in [0.25, 0.3) is 0 Å². The number of carbonyl (C=O) groups is 2. The third kappa shape index (κ3) is 3.56.